The van der Waals surface area contributed by atoms with Crippen molar-refractivity contribution in [3.63, 3.8) is 0 Å². The number of ether oxygens (including phenoxy) is 1. The first-order valence-electron chi connectivity index (χ1n) is 8.72. The fraction of sp³-hybridized carbons (Fsp3) is 0.333. The van der Waals surface area contributed by atoms with Crippen molar-refractivity contribution in [2.75, 3.05) is 13.1 Å². The normalized spacial score (nSPS) is 15.7. The first-order chi connectivity index (χ1) is 13.1. The van der Waals surface area contributed by atoms with Gasteiger partial charge in [0.25, 0.3) is 5.89 Å². The highest BCUT2D eigenvalue weighted by atomic mass is 32.2. The van der Waals surface area contributed by atoms with Gasteiger partial charge in [0.2, 0.25) is 15.8 Å². The molecule has 3 aromatic rings. The van der Waals surface area contributed by atoms with Gasteiger partial charge in [-0.2, -0.15) is 9.29 Å². The Bertz CT molecular complexity index is 974. The van der Waals surface area contributed by atoms with E-state index in [1.165, 1.54) is 6.26 Å². The molecule has 0 radical (unpaired) electrons. The minimum absolute atomic E-state index is 0.0753. The van der Waals surface area contributed by atoms with Crippen LogP contribution in [0, 0.1) is 0 Å². The summed E-state index contributed by atoms with van der Waals surface area (Å²) in [5.41, 5.74) is 0. The molecular formula is C18H19N3O5S. The highest BCUT2D eigenvalue weighted by Gasteiger charge is 2.25. The van der Waals surface area contributed by atoms with Crippen molar-refractivity contribution in [2.24, 2.45) is 0 Å². The Hall–Kier alpha value is -2.65. The molecule has 8 nitrogen and oxygen atoms in total. The molecule has 0 N–H and O–H groups in total. The summed E-state index contributed by atoms with van der Waals surface area (Å²) < 4.78 is 42.7. The lowest BCUT2D eigenvalue weighted by molar-refractivity contribution is 0.243. The molecule has 2 aromatic heterocycles. The summed E-state index contributed by atoms with van der Waals surface area (Å²) in [6, 6.07) is 9.84. The van der Waals surface area contributed by atoms with Crippen molar-refractivity contribution in [3.05, 3.63) is 48.6 Å². The predicted octanol–water partition coefficient (Wildman–Crippen LogP) is 3.08. The van der Waals surface area contributed by atoms with Crippen molar-refractivity contribution in [3.8, 4) is 17.3 Å². The number of aromatic nitrogens is 2. The molecule has 1 fully saturated rings. The molecule has 9 heteroatoms. The van der Waals surface area contributed by atoms with Gasteiger partial charge in [0.1, 0.15) is 5.75 Å². The lowest BCUT2D eigenvalue weighted by atomic mass is 10.2. The Balaban J connectivity index is 1.39. The maximum absolute atomic E-state index is 12.6. The Labute approximate surface area is 156 Å². The van der Waals surface area contributed by atoms with Crippen molar-refractivity contribution < 1.29 is 22.1 Å². The van der Waals surface area contributed by atoms with Gasteiger partial charge >= 0.3 is 0 Å². The molecule has 0 spiro atoms. The number of piperidine rings is 1. The fourth-order valence-electron chi connectivity index (χ4n) is 2.93. The lowest BCUT2D eigenvalue weighted by Crippen LogP contribution is -2.35. The molecule has 0 bridgehead atoms. The van der Waals surface area contributed by atoms with Crippen LogP contribution in [0.25, 0.3) is 11.6 Å². The number of rotatable bonds is 6. The molecule has 1 aliphatic heterocycles. The second-order valence-electron chi connectivity index (χ2n) is 6.21. The van der Waals surface area contributed by atoms with E-state index in [1.807, 2.05) is 0 Å². The van der Waals surface area contributed by atoms with E-state index in [0.717, 1.165) is 19.3 Å². The Kier molecular flexibility index (Phi) is 4.95. The van der Waals surface area contributed by atoms with E-state index in [0.29, 0.717) is 36.3 Å². The van der Waals surface area contributed by atoms with Gasteiger partial charge in [-0.1, -0.05) is 11.6 Å². The van der Waals surface area contributed by atoms with E-state index in [1.54, 1.807) is 40.7 Å². The van der Waals surface area contributed by atoms with Crippen molar-refractivity contribution >= 4 is 10.0 Å². The van der Waals surface area contributed by atoms with Crippen LogP contribution in [-0.2, 0) is 16.6 Å². The van der Waals surface area contributed by atoms with E-state index in [4.69, 9.17) is 13.7 Å². The standard InChI is InChI=1S/C18H19N3O5S/c22-27(23,21-10-2-1-3-11-21)15-8-6-14(7-9-15)25-13-17-19-18(20-26-17)16-5-4-12-24-16/h4-9,12H,1-3,10-11,13H2. The molecule has 1 aliphatic rings. The largest absolute Gasteiger partial charge is 0.484 e. The maximum Gasteiger partial charge on any atom is 0.264 e. The molecule has 1 saturated heterocycles. The fourth-order valence-corrected chi connectivity index (χ4v) is 4.44. The first kappa shape index (κ1) is 17.7. The number of sulfonamides is 1. The maximum atomic E-state index is 12.6. The quantitative estimate of drug-likeness (QED) is 0.639. The van der Waals surface area contributed by atoms with Crippen LogP contribution in [0.4, 0.5) is 0 Å². The monoisotopic (exact) mass is 389 g/mol. The topological polar surface area (TPSA) is 98.7 Å². The van der Waals surface area contributed by atoms with Crippen molar-refractivity contribution in [1.82, 2.24) is 14.4 Å². The number of hydrogen-bond acceptors (Lipinski definition) is 7. The summed E-state index contributed by atoms with van der Waals surface area (Å²) in [5, 5.41) is 3.82. The Morgan fingerprint density at radius 3 is 2.56 bits per heavy atom. The molecule has 3 heterocycles. The van der Waals surface area contributed by atoms with E-state index in [-0.39, 0.29) is 11.5 Å². The zero-order valence-corrected chi connectivity index (χ0v) is 15.4. The van der Waals surface area contributed by atoms with E-state index < -0.39 is 10.0 Å². The summed E-state index contributed by atoms with van der Waals surface area (Å²) in [6.07, 6.45) is 4.42. The molecule has 0 unspecified atom stereocenters. The van der Waals surface area contributed by atoms with Crippen LogP contribution < -0.4 is 4.74 Å². The molecule has 142 valence electrons. The summed E-state index contributed by atoms with van der Waals surface area (Å²) in [4.78, 5) is 4.46. The van der Waals surface area contributed by atoms with Crippen LogP contribution in [0.2, 0.25) is 0 Å². The number of benzene rings is 1. The van der Waals surface area contributed by atoms with Crippen LogP contribution in [0.1, 0.15) is 25.2 Å². The molecule has 0 saturated carbocycles. The second kappa shape index (κ2) is 7.53. The van der Waals surface area contributed by atoms with Crippen LogP contribution >= 0.6 is 0 Å². The third-order valence-electron chi connectivity index (χ3n) is 4.35. The highest BCUT2D eigenvalue weighted by molar-refractivity contribution is 7.89. The lowest BCUT2D eigenvalue weighted by Gasteiger charge is -2.25. The molecule has 1 aromatic carbocycles. The van der Waals surface area contributed by atoms with Crippen LogP contribution in [0.3, 0.4) is 0 Å². The molecular weight excluding hydrogens is 370 g/mol. The van der Waals surface area contributed by atoms with E-state index in [9.17, 15) is 8.42 Å². The van der Waals surface area contributed by atoms with Gasteiger partial charge in [0.15, 0.2) is 12.4 Å². The van der Waals surface area contributed by atoms with Crippen LogP contribution in [0.15, 0.2) is 56.5 Å². The summed E-state index contributed by atoms with van der Waals surface area (Å²) in [7, 11) is -3.44. The van der Waals surface area contributed by atoms with E-state index >= 15 is 0 Å². The SMILES string of the molecule is O=S(=O)(c1ccc(OCc2nc(-c3ccco3)no2)cc1)N1CCCCC1. The van der Waals surface area contributed by atoms with Crippen molar-refractivity contribution in [2.45, 2.75) is 30.8 Å². The number of hydrogen-bond donors (Lipinski definition) is 0. The smallest absolute Gasteiger partial charge is 0.264 e. The Morgan fingerprint density at radius 1 is 1.07 bits per heavy atom. The highest BCUT2D eigenvalue weighted by Crippen LogP contribution is 2.23. The number of furan rings is 1. The van der Waals surface area contributed by atoms with Gasteiger partial charge in [-0.15, -0.1) is 0 Å². The predicted molar refractivity (Wildman–Crippen MR) is 95.4 cm³/mol. The zero-order valence-electron chi connectivity index (χ0n) is 14.6. The van der Waals surface area contributed by atoms with Gasteiger partial charge in [-0.25, -0.2) is 8.42 Å². The van der Waals surface area contributed by atoms with Crippen molar-refractivity contribution in [1.29, 1.82) is 0 Å². The molecule has 0 aliphatic carbocycles. The van der Waals surface area contributed by atoms with Gasteiger partial charge in [-0.3, -0.25) is 0 Å². The second-order valence-corrected chi connectivity index (χ2v) is 8.15. The minimum atomic E-state index is -3.44. The minimum Gasteiger partial charge on any atom is -0.484 e. The molecule has 4 rings (SSSR count). The third-order valence-corrected chi connectivity index (χ3v) is 6.26. The Morgan fingerprint density at radius 2 is 1.85 bits per heavy atom. The summed E-state index contributed by atoms with van der Waals surface area (Å²) >= 11 is 0. The summed E-state index contributed by atoms with van der Waals surface area (Å²) in [5.74, 6) is 1.68. The van der Waals surface area contributed by atoms with Gasteiger partial charge < -0.3 is 13.7 Å². The third kappa shape index (κ3) is 3.88. The van der Waals surface area contributed by atoms with Gasteiger partial charge in [0, 0.05) is 13.1 Å². The zero-order chi connectivity index (χ0) is 18.7. The molecule has 0 atom stereocenters. The van der Waals surface area contributed by atoms with Crippen LogP contribution in [0.5, 0.6) is 5.75 Å². The first-order valence-corrected chi connectivity index (χ1v) is 10.2. The number of nitrogens with zero attached hydrogens (tertiary/aromatic N) is 3. The van der Waals surface area contributed by atoms with Gasteiger partial charge in [0.05, 0.1) is 11.2 Å². The van der Waals surface area contributed by atoms with Crippen LogP contribution in [-0.4, -0.2) is 36.0 Å². The average Bonchev–Trinajstić information content (AvgIpc) is 3.39. The van der Waals surface area contributed by atoms with E-state index in [2.05, 4.69) is 10.1 Å². The average molecular weight is 389 g/mol. The molecule has 0 amide bonds. The summed E-state index contributed by atoms with van der Waals surface area (Å²) in [6.45, 7) is 1.23. The molecule has 27 heavy (non-hydrogen) atoms. The van der Waals surface area contributed by atoms with Gasteiger partial charge in [-0.05, 0) is 49.2 Å².